The number of benzene rings is 2. The van der Waals surface area contributed by atoms with Gasteiger partial charge in [-0.3, -0.25) is 9.11 Å². The first kappa shape index (κ1) is 19.7. The molecule has 3 aliphatic heterocycles. The Morgan fingerprint density at radius 2 is 1.90 bits per heavy atom. The van der Waals surface area contributed by atoms with Gasteiger partial charge in [0.2, 0.25) is 0 Å². The molecule has 8 heteroatoms. The molecule has 3 fully saturated rings. The minimum atomic E-state index is -2.90. The van der Waals surface area contributed by atoms with Gasteiger partial charge in [-0.05, 0) is 55.5 Å². The SMILES string of the molecule is N#Cc1ccc(Cl)cc1Oc1ccc(C23CCC(CC2)N2CCS(O)(O)N=C23)cc1. The van der Waals surface area contributed by atoms with Gasteiger partial charge in [0.25, 0.3) is 0 Å². The van der Waals surface area contributed by atoms with Crippen molar-refractivity contribution < 1.29 is 13.8 Å². The highest BCUT2D eigenvalue weighted by atomic mass is 35.5. The van der Waals surface area contributed by atoms with E-state index in [0.29, 0.717) is 40.4 Å². The fourth-order valence-electron chi connectivity index (χ4n) is 4.97. The van der Waals surface area contributed by atoms with Gasteiger partial charge in [-0.1, -0.05) is 34.5 Å². The second-order valence-electron chi connectivity index (χ2n) is 8.14. The van der Waals surface area contributed by atoms with Gasteiger partial charge in [0.15, 0.2) is 0 Å². The smallest absolute Gasteiger partial charge is 0.146 e. The molecule has 0 aromatic heterocycles. The van der Waals surface area contributed by atoms with Gasteiger partial charge in [0.1, 0.15) is 23.4 Å². The Labute approximate surface area is 182 Å². The number of piperidine rings is 2. The Morgan fingerprint density at radius 1 is 1.17 bits per heavy atom. The number of nitrogens with zero attached hydrogens (tertiary/aromatic N) is 3. The van der Waals surface area contributed by atoms with Crippen molar-refractivity contribution in [2.24, 2.45) is 4.40 Å². The molecular weight excluding hydrogens is 422 g/mol. The molecule has 2 aromatic carbocycles. The maximum absolute atomic E-state index is 10.3. The van der Waals surface area contributed by atoms with Crippen LogP contribution in [0.1, 0.15) is 36.8 Å². The van der Waals surface area contributed by atoms with E-state index in [4.69, 9.17) is 16.3 Å². The fourth-order valence-corrected chi connectivity index (χ4v) is 6.22. The van der Waals surface area contributed by atoms with Gasteiger partial charge < -0.3 is 9.64 Å². The molecule has 2 saturated heterocycles. The lowest BCUT2D eigenvalue weighted by molar-refractivity contribution is 0.150. The molecule has 2 aromatic rings. The van der Waals surface area contributed by atoms with Crippen LogP contribution >= 0.6 is 22.4 Å². The standard InChI is InChI=1S/C22H22ClN3O3S/c23-17-4-1-15(14-24)20(13-17)29-19-5-2-16(3-6-19)22-9-7-18(8-10-22)26-11-12-30(27,28)25-21(22)26/h1-6,13,18,27-28H,7-12H2. The summed E-state index contributed by atoms with van der Waals surface area (Å²) in [6.45, 7) is 0.653. The van der Waals surface area contributed by atoms with Crippen molar-refractivity contribution in [2.45, 2.75) is 37.1 Å². The Bertz CT molecular complexity index is 1060. The van der Waals surface area contributed by atoms with Crippen LogP contribution in [0.4, 0.5) is 0 Å². The Morgan fingerprint density at radius 3 is 2.60 bits per heavy atom. The van der Waals surface area contributed by atoms with Crippen molar-refractivity contribution >= 4 is 28.2 Å². The zero-order valence-corrected chi connectivity index (χ0v) is 17.9. The lowest BCUT2D eigenvalue weighted by atomic mass is 9.63. The van der Waals surface area contributed by atoms with E-state index in [2.05, 4.69) is 15.4 Å². The Kier molecular flexibility index (Phi) is 4.71. The number of amidine groups is 1. The maximum atomic E-state index is 10.3. The Hall–Kier alpha value is -2.24. The van der Waals surface area contributed by atoms with Crippen molar-refractivity contribution in [3.05, 3.63) is 58.6 Å². The first-order valence-corrected chi connectivity index (χ1v) is 12.1. The van der Waals surface area contributed by atoms with Gasteiger partial charge in [0.05, 0.1) is 16.7 Å². The average Bonchev–Trinajstić information content (AvgIpc) is 2.74. The van der Waals surface area contributed by atoms with E-state index in [0.717, 1.165) is 37.1 Å². The number of hydrogen-bond acceptors (Lipinski definition) is 6. The second-order valence-corrected chi connectivity index (χ2v) is 10.4. The number of rotatable bonds is 3. The molecular formula is C22H22ClN3O3S. The van der Waals surface area contributed by atoms with E-state index in [1.54, 1.807) is 18.2 Å². The molecule has 0 spiro atoms. The van der Waals surface area contributed by atoms with Crippen LogP contribution < -0.4 is 4.74 Å². The molecule has 156 valence electrons. The quantitative estimate of drug-likeness (QED) is 0.646. The van der Waals surface area contributed by atoms with Crippen LogP contribution in [0.2, 0.25) is 5.02 Å². The zero-order valence-electron chi connectivity index (χ0n) is 16.3. The summed E-state index contributed by atoms with van der Waals surface area (Å²) < 4.78 is 30.9. The van der Waals surface area contributed by atoms with Crippen molar-refractivity contribution in [1.29, 1.82) is 5.26 Å². The number of fused-ring (bicyclic) bond motifs is 2. The van der Waals surface area contributed by atoms with Crippen LogP contribution in [0, 0.1) is 11.3 Å². The summed E-state index contributed by atoms with van der Waals surface area (Å²) in [6.07, 6.45) is 4.08. The third-order valence-electron chi connectivity index (χ3n) is 6.49. The second kappa shape index (κ2) is 7.17. The topological polar surface area (TPSA) is 89.1 Å². The highest BCUT2D eigenvalue weighted by Crippen LogP contribution is 2.54. The van der Waals surface area contributed by atoms with E-state index in [9.17, 15) is 14.4 Å². The molecule has 3 heterocycles. The van der Waals surface area contributed by atoms with Crippen LogP contribution in [0.25, 0.3) is 0 Å². The summed E-state index contributed by atoms with van der Waals surface area (Å²) in [5.74, 6) is 2.19. The first-order valence-electron chi connectivity index (χ1n) is 10.0. The normalized spacial score (nSPS) is 27.6. The van der Waals surface area contributed by atoms with Crippen molar-refractivity contribution in [3.8, 4) is 17.6 Å². The van der Waals surface area contributed by atoms with Crippen LogP contribution in [-0.2, 0) is 5.41 Å². The van der Waals surface area contributed by atoms with Gasteiger partial charge in [-0.2, -0.15) is 5.26 Å². The van der Waals surface area contributed by atoms with Gasteiger partial charge in [-0.15, -0.1) is 4.40 Å². The summed E-state index contributed by atoms with van der Waals surface area (Å²) in [5, 5.41) is 9.80. The predicted molar refractivity (Wildman–Crippen MR) is 118 cm³/mol. The van der Waals surface area contributed by atoms with Gasteiger partial charge >= 0.3 is 0 Å². The molecule has 6 nitrogen and oxygen atoms in total. The predicted octanol–water partition coefficient (Wildman–Crippen LogP) is 5.58. The number of hydrogen-bond donors (Lipinski definition) is 2. The minimum absolute atomic E-state index is 0.286. The summed E-state index contributed by atoms with van der Waals surface area (Å²) in [6, 6.07) is 15.3. The van der Waals surface area contributed by atoms with Crippen molar-refractivity contribution in [2.75, 3.05) is 12.3 Å². The van der Waals surface area contributed by atoms with E-state index >= 15 is 0 Å². The molecule has 0 unspecified atom stereocenters. The third-order valence-corrected chi connectivity index (χ3v) is 7.92. The summed E-state index contributed by atoms with van der Waals surface area (Å²) in [5.41, 5.74) is 1.25. The summed E-state index contributed by atoms with van der Waals surface area (Å²) in [4.78, 5) is 2.29. The molecule has 0 amide bonds. The largest absolute Gasteiger partial charge is 0.456 e. The third kappa shape index (κ3) is 3.25. The van der Waals surface area contributed by atoms with Gasteiger partial charge in [0, 0.05) is 23.7 Å². The van der Waals surface area contributed by atoms with E-state index in [1.807, 2.05) is 24.3 Å². The number of ether oxygens (including phenoxy) is 1. The number of nitriles is 1. The summed E-state index contributed by atoms with van der Waals surface area (Å²) >= 11 is 6.05. The molecule has 0 atom stereocenters. The zero-order chi connectivity index (χ0) is 20.9. The van der Waals surface area contributed by atoms with Crippen molar-refractivity contribution in [3.63, 3.8) is 0 Å². The molecule has 1 aliphatic carbocycles. The molecule has 2 bridgehead atoms. The van der Waals surface area contributed by atoms with Crippen LogP contribution in [0.15, 0.2) is 46.9 Å². The molecule has 4 aliphatic rings. The average molecular weight is 444 g/mol. The van der Waals surface area contributed by atoms with Crippen molar-refractivity contribution in [1.82, 2.24) is 4.90 Å². The lowest BCUT2D eigenvalue weighted by Gasteiger charge is -2.57. The first-order chi connectivity index (χ1) is 14.4. The molecule has 6 rings (SSSR count). The number of halogens is 1. The molecule has 0 radical (unpaired) electrons. The molecule has 30 heavy (non-hydrogen) atoms. The van der Waals surface area contributed by atoms with E-state index in [1.165, 1.54) is 0 Å². The van der Waals surface area contributed by atoms with Crippen LogP contribution in [0.5, 0.6) is 11.5 Å². The van der Waals surface area contributed by atoms with E-state index < -0.39 is 10.8 Å². The molecule has 2 N–H and O–H groups in total. The monoisotopic (exact) mass is 443 g/mol. The highest BCUT2D eigenvalue weighted by Gasteiger charge is 2.52. The van der Waals surface area contributed by atoms with Crippen LogP contribution in [-0.4, -0.2) is 38.2 Å². The lowest BCUT2D eigenvalue weighted by Crippen LogP contribution is -2.62. The fraction of sp³-hybridized carbons (Fsp3) is 0.364. The maximum Gasteiger partial charge on any atom is 0.146 e. The molecule has 1 saturated carbocycles. The van der Waals surface area contributed by atoms with E-state index in [-0.39, 0.29) is 5.41 Å². The summed E-state index contributed by atoms with van der Waals surface area (Å²) in [7, 11) is -2.90. The van der Waals surface area contributed by atoms with Gasteiger partial charge in [-0.25, -0.2) is 0 Å². The Balaban J connectivity index is 1.47. The highest BCUT2D eigenvalue weighted by molar-refractivity contribution is 8.23. The minimum Gasteiger partial charge on any atom is -0.456 e. The van der Waals surface area contributed by atoms with Crippen LogP contribution in [0.3, 0.4) is 0 Å².